The van der Waals surface area contributed by atoms with Crippen LogP contribution in [0.2, 0.25) is 0 Å². The van der Waals surface area contributed by atoms with Gasteiger partial charge in [-0.1, -0.05) is 12.1 Å². The van der Waals surface area contributed by atoms with Crippen molar-refractivity contribution in [1.82, 2.24) is 9.80 Å². The molecule has 0 spiro atoms. The van der Waals surface area contributed by atoms with E-state index in [-0.39, 0.29) is 0 Å². The van der Waals surface area contributed by atoms with Gasteiger partial charge in [0.25, 0.3) is 0 Å². The van der Waals surface area contributed by atoms with E-state index in [1.54, 1.807) is 0 Å². The number of carbonyl (C=O) groups excluding carboxylic acids is 1. The zero-order valence-corrected chi connectivity index (χ0v) is 13.2. The normalized spacial score (nSPS) is 19.6. The third-order valence-corrected chi connectivity index (χ3v) is 4.87. The fraction of sp³-hybridized carbons (Fsp3) is 0.556. The first kappa shape index (κ1) is 15.1. The van der Waals surface area contributed by atoms with Gasteiger partial charge >= 0.3 is 0 Å². The fourth-order valence-electron chi connectivity index (χ4n) is 3.21. The molecule has 1 saturated carbocycles. The van der Waals surface area contributed by atoms with E-state index in [1.807, 2.05) is 36.2 Å². The van der Waals surface area contributed by atoms with Gasteiger partial charge in [-0.15, -0.1) is 0 Å². The maximum absolute atomic E-state index is 12.1. The molecule has 1 aliphatic carbocycles. The smallest absolute Gasteiger partial charge is 0.225 e. The Morgan fingerprint density at radius 1 is 1.23 bits per heavy atom. The lowest BCUT2D eigenvalue weighted by Gasteiger charge is -2.37. The molecule has 1 amide bonds. The lowest BCUT2D eigenvalue weighted by Crippen LogP contribution is -2.45. The van der Waals surface area contributed by atoms with E-state index in [9.17, 15) is 4.79 Å². The molecule has 22 heavy (non-hydrogen) atoms. The Kier molecular flexibility index (Phi) is 4.44. The number of amides is 1. The second kappa shape index (κ2) is 6.50. The number of likely N-dealkylation sites (tertiary alicyclic amines) is 1. The number of benzene rings is 1. The molecule has 3 rings (SSSR count). The summed E-state index contributed by atoms with van der Waals surface area (Å²) in [6.45, 7) is 3.00. The molecule has 4 nitrogen and oxygen atoms in total. The second-order valence-corrected chi connectivity index (χ2v) is 6.54. The Bertz CT molecular complexity index is 563. The van der Waals surface area contributed by atoms with E-state index < -0.39 is 0 Å². The van der Waals surface area contributed by atoms with Gasteiger partial charge in [0.05, 0.1) is 11.6 Å². The van der Waals surface area contributed by atoms with Crippen molar-refractivity contribution < 1.29 is 4.79 Å². The van der Waals surface area contributed by atoms with Gasteiger partial charge in [-0.25, -0.2) is 0 Å². The van der Waals surface area contributed by atoms with Gasteiger partial charge in [0.2, 0.25) is 5.91 Å². The molecule has 0 N–H and O–H groups in total. The molecule has 116 valence electrons. The number of carbonyl (C=O) groups is 1. The molecule has 0 aromatic heterocycles. The summed E-state index contributed by atoms with van der Waals surface area (Å²) in [6.07, 6.45) is 4.29. The summed E-state index contributed by atoms with van der Waals surface area (Å²) in [6, 6.07) is 10.4. The molecule has 4 heteroatoms. The standard InChI is InChI=1S/C18H23N3O/c1-20(18(22)16-6-7-16)17-8-10-21(11-9-17)13-15-4-2-14(12-19)3-5-15/h2-5,16-17H,6-11,13H2,1H3. The number of piperidine rings is 1. The van der Waals surface area contributed by atoms with Crippen LogP contribution in [0.1, 0.15) is 36.8 Å². The van der Waals surface area contributed by atoms with Gasteiger partial charge < -0.3 is 4.90 Å². The molecule has 1 heterocycles. The van der Waals surface area contributed by atoms with Crippen molar-refractivity contribution in [2.75, 3.05) is 20.1 Å². The van der Waals surface area contributed by atoms with Crippen LogP contribution in [0.4, 0.5) is 0 Å². The van der Waals surface area contributed by atoms with Crippen LogP contribution >= 0.6 is 0 Å². The zero-order chi connectivity index (χ0) is 15.5. The summed E-state index contributed by atoms with van der Waals surface area (Å²) in [5.41, 5.74) is 1.96. The highest BCUT2D eigenvalue weighted by Crippen LogP contribution is 2.32. The third-order valence-electron chi connectivity index (χ3n) is 4.87. The SMILES string of the molecule is CN(C(=O)C1CC1)C1CCN(Cc2ccc(C#N)cc2)CC1. The molecule has 0 radical (unpaired) electrons. The monoisotopic (exact) mass is 297 g/mol. The lowest BCUT2D eigenvalue weighted by molar-refractivity contribution is -0.134. The first-order chi connectivity index (χ1) is 10.7. The molecule has 0 bridgehead atoms. The van der Waals surface area contributed by atoms with E-state index in [0.29, 0.717) is 23.4 Å². The summed E-state index contributed by atoms with van der Waals surface area (Å²) in [5.74, 6) is 0.673. The molecule has 2 fully saturated rings. The van der Waals surface area contributed by atoms with Crippen LogP contribution in [0, 0.1) is 17.2 Å². The fourth-order valence-corrected chi connectivity index (χ4v) is 3.21. The predicted molar refractivity (Wildman–Crippen MR) is 85.0 cm³/mol. The first-order valence-electron chi connectivity index (χ1n) is 8.15. The van der Waals surface area contributed by atoms with Crippen LogP contribution in [-0.2, 0) is 11.3 Å². The molecule has 1 aromatic rings. The van der Waals surface area contributed by atoms with Crippen molar-refractivity contribution in [3.8, 4) is 6.07 Å². The van der Waals surface area contributed by atoms with Crippen LogP contribution in [0.5, 0.6) is 0 Å². The minimum atomic E-state index is 0.321. The van der Waals surface area contributed by atoms with Crippen LogP contribution in [0.3, 0.4) is 0 Å². The summed E-state index contributed by atoms with van der Waals surface area (Å²) in [7, 11) is 1.97. The van der Waals surface area contributed by atoms with Gasteiger partial charge in [-0.05, 0) is 43.4 Å². The highest BCUT2D eigenvalue weighted by Gasteiger charge is 2.35. The van der Waals surface area contributed by atoms with Crippen molar-refractivity contribution in [3.05, 3.63) is 35.4 Å². The quantitative estimate of drug-likeness (QED) is 0.857. The van der Waals surface area contributed by atoms with Crippen LogP contribution in [0.25, 0.3) is 0 Å². The average Bonchev–Trinajstić information content (AvgIpc) is 3.40. The highest BCUT2D eigenvalue weighted by atomic mass is 16.2. The summed E-state index contributed by atoms with van der Waals surface area (Å²) >= 11 is 0. The van der Waals surface area contributed by atoms with Crippen LogP contribution < -0.4 is 0 Å². The van der Waals surface area contributed by atoms with Gasteiger partial charge in [0.1, 0.15) is 0 Å². The van der Waals surface area contributed by atoms with Gasteiger partial charge in [0.15, 0.2) is 0 Å². The highest BCUT2D eigenvalue weighted by molar-refractivity contribution is 5.81. The maximum Gasteiger partial charge on any atom is 0.225 e. The number of hydrogen-bond acceptors (Lipinski definition) is 3. The maximum atomic E-state index is 12.1. The molecule has 1 saturated heterocycles. The molecule has 0 atom stereocenters. The van der Waals surface area contributed by atoms with Crippen molar-refractivity contribution in [2.45, 2.75) is 38.3 Å². The summed E-state index contributed by atoms with van der Waals surface area (Å²) in [5, 5.41) is 8.83. The molecule has 2 aliphatic rings. The predicted octanol–water partition coefficient (Wildman–Crippen LogP) is 2.39. The zero-order valence-electron chi connectivity index (χ0n) is 13.2. The third kappa shape index (κ3) is 3.48. The van der Waals surface area contributed by atoms with E-state index in [0.717, 1.165) is 45.3 Å². The Hall–Kier alpha value is -1.86. The molecule has 1 aliphatic heterocycles. The Morgan fingerprint density at radius 2 is 1.86 bits per heavy atom. The minimum Gasteiger partial charge on any atom is -0.342 e. The van der Waals surface area contributed by atoms with Crippen molar-refractivity contribution in [3.63, 3.8) is 0 Å². The number of rotatable bonds is 4. The van der Waals surface area contributed by atoms with Gasteiger partial charge in [-0.3, -0.25) is 9.69 Å². The van der Waals surface area contributed by atoms with Crippen molar-refractivity contribution in [1.29, 1.82) is 5.26 Å². The van der Waals surface area contributed by atoms with Crippen LogP contribution in [-0.4, -0.2) is 41.9 Å². The largest absolute Gasteiger partial charge is 0.342 e. The van der Waals surface area contributed by atoms with Crippen molar-refractivity contribution >= 4 is 5.91 Å². The van der Waals surface area contributed by atoms with E-state index >= 15 is 0 Å². The lowest BCUT2D eigenvalue weighted by atomic mass is 10.0. The average molecular weight is 297 g/mol. The molecular weight excluding hydrogens is 274 g/mol. The van der Waals surface area contributed by atoms with Gasteiger partial charge in [-0.2, -0.15) is 5.26 Å². The number of hydrogen-bond donors (Lipinski definition) is 0. The molecular formula is C18H23N3O. The summed E-state index contributed by atoms with van der Waals surface area (Å²) < 4.78 is 0. The van der Waals surface area contributed by atoms with Crippen LogP contribution in [0.15, 0.2) is 24.3 Å². The number of nitriles is 1. The van der Waals surface area contributed by atoms with Crippen molar-refractivity contribution in [2.24, 2.45) is 5.92 Å². The molecule has 1 aromatic carbocycles. The Morgan fingerprint density at radius 3 is 2.41 bits per heavy atom. The van der Waals surface area contributed by atoms with E-state index in [2.05, 4.69) is 11.0 Å². The molecule has 0 unspecified atom stereocenters. The van der Waals surface area contributed by atoms with E-state index in [4.69, 9.17) is 5.26 Å². The van der Waals surface area contributed by atoms with Gasteiger partial charge in [0, 0.05) is 38.6 Å². The Labute approximate surface area is 132 Å². The minimum absolute atomic E-state index is 0.321. The topological polar surface area (TPSA) is 47.3 Å². The van der Waals surface area contributed by atoms with E-state index in [1.165, 1.54) is 5.56 Å². The second-order valence-electron chi connectivity index (χ2n) is 6.54. The Balaban J connectivity index is 1.48. The summed E-state index contributed by atoms with van der Waals surface area (Å²) in [4.78, 5) is 16.6. The first-order valence-corrected chi connectivity index (χ1v) is 8.15. The number of nitrogens with zero attached hydrogens (tertiary/aromatic N) is 3.